The highest BCUT2D eigenvalue weighted by molar-refractivity contribution is 8.00. The van der Waals surface area contributed by atoms with Gasteiger partial charge in [0.2, 0.25) is 5.91 Å². The number of benzene rings is 4. The molecule has 4 rings (SSSR count). The van der Waals surface area contributed by atoms with E-state index in [9.17, 15) is 14.4 Å². The van der Waals surface area contributed by atoms with Crippen LogP contribution in [-0.2, 0) is 9.59 Å². The minimum Gasteiger partial charge on any atom is -0.496 e. The predicted molar refractivity (Wildman–Crippen MR) is 183 cm³/mol. The zero-order valence-electron chi connectivity index (χ0n) is 26.6. The summed E-state index contributed by atoms with van der Waals surface area (Å²) >= 11 is 1.37. The lowest BCUT2D eigenvalue weighted by atomic mass is 10.1. The standard InChI is InChI=1S/C36H37N3O6S/c1-22-12-10-13-23(2)33(22)39-34(40)24(3)46-28-17-11-16-27(20-28)37-36(42)29(38-35(41)25-14-8-7-9-15-25)18-26-19-31(44-5)32(45-6)21-30(26)43-4/h7-21,24H,1-6H3,(H,37,42)(H,38,41)(H,39,40)/b29-18+. The lowest BCUT2D eigenvalue weighted by Crippen LogP contribution is -2.30. The van der Waals surface area contributed by atoms with Crippen molar-refractivity contribution in [2.45, 2.75) is 30.9 Å². The third-order valence-corrected chi connectivity index (χ3v) is 8.16. The summed E-state index contributed by atoms with van der Waals surface area (Å²) in [6, 6.07) is 24.9. The molecule has 3 amide bonds. The van der Waals surface area contributed by atoms with Crippen molar-refractivity contribution >= 4 is 46.9 Å². The second-order valence-electron chi connectivity index (χ2n) is 10.3. The fourth-order valence-corrected chi connectivity index (χ4v) is 5.53. The van der Waals surface area contributed by atoms with E-state index in [1.807, 2.05) is 45.0 Å². The quantitative estimate of drug-likeness (QED) is 0.115. The van der Waals surface area contributed by atoms with E-state index in [0.717, 1.165) is 21.7 Å². The Morgan fingerprint density at radius 3 is 2.02 bits per heavy atom. The molecule has 0 heterocycles. The lowest BCUT2D eigenvalue weighted by molar-refractivity contribution is -0.115. The van der Waals surface area contributed by atoms with Crippen molar-refractivity contribution in [1.82, 2.24) is 5.32 Å². The average molecular weight is 640 g/mol. The van der Waals surface area contributed by atoms with Gasteiger partial charge in [-0.3, -0.25) is 14.4 Å². The Balaban J connectivity index is 1.58. The van der Waals surface area contributed by atoms with E-state index in [-0.39, 0.29) is 11.6 Å². The van der Waals surface area contributed by atoms with Crippen molar-refractivity contribution < 1.29 is 28.6 Å². The monoisotopic (exact) mass is 639 g/mol. The molecule has 0 aliphatic rings. The highest BCUT2D eigenvalue weighted by Crippen LogP contribution is 2.36. The van der Waals surface area contributed by atoms with Gasteiger partial charge in [0.05, 0.1) is 26.6 Å². The number of nitrogens with one attached hydrogen (secondary N) is 3. The van der Waals surface area contributed by atoms with Crippen LogP contribution in [0.3, 0.4) is 0 Å². The number of anilines is 2. The van der Waals surface area contributed by atoms with Crippen LogP contribution in [0.25, 0.3) is 6.08 Å². The van der Waals surface area contributed by atoms with E-state index < -0.39 is 17.1 Å². The van der Waals surface area contributed by atoms with Crippen LogP contribution >= 0.6 is 11.8 Å². The van der Waals surface area contributed by atoms with Gasteiger partial charge in [-0.2, -0.15) is 0 Å². The topological polar surface area (TPSA) is 115 Å². The van der Waals surface area contributed by atoms with Crippen LogP contribution in [0.2, 0.25) is 0 Å². The summed E-state index contributed by atoms with van der Waals surface area (Å²) in [6.45, 7) is 5.74. The maximum absolute atomic E-state index is 13.7. The van der Waals surface area contributed by atoms with E-state index in [2.05, 4.69) is 16.0 Å². The molecule has 0 aromatic heterocycles. The van der Waals surface area contributed by atoms with Crippen molar-refractivity contribution in [2.75, 3.05) is 32.0 Å². The Morgan fingerprint density at radius 1 is 0.739 bits per heavy atom. The van der Waals surface area contributed by atoms with Gasteiger partial charge >= 0.3 is 0 Å². The highest BCUT2D eigenvalue weighted by atomic mass is 32.2. The lowest BCUT2D eigenvalue weighted by Gasteiger charge is -2.16. The Kier molecular flexibility index (Phi) is 11.5. The third kappa shape index (κ3) is 8.48. The Labute approximate surface area is 273 Å². The van der Waals surface area contributed by atoms with Crippen LogP contribution in [-0.4, -0.2) is 44.3 Å². The maximum Gasteiger partial charge on any atom is 0.272 e. The molecule has 4 aromatic carbocycles. The summed E-state index contributed by atoms with van der Waals surface area (Å²) in [7, 11) is 4.51. The molecule has 1 atom stereocenters. The van der Waals surface area contributed by atoms with Crippen LogP contribution in [0.5, 0.6) is 17.2 Å². The Hall–Kier alpha value is -5.22. The van der Waals surface area contributed by atoms with E-state index in [1.165, 1.54) is 39.2 Å². The van der Waals surface area contributed by atoms with Crippen LogP contribution in [0.15, 0.2) is 95.5 Å². The molecule has 4 aromatic rings. The Bertz CT molecular complexity index is 1740. The molecule has 0 spiro atoms. The molecule has 0 fully saturated rings. The van der Waals surface area contributed by atoms with Gasteiger partial charge in [-0.05, 0) is 74.4 Å². The first-order chi connectivity index (χ1) is 22.1. The molecule has 10 heteroatoms. The number of methoxy groups -OCH3 is 3. The number of thioether (sulfide) groups is 1. The van der Waals surface area contributed by atoms with E-state index in [1.54, 1.807) is 60.7 Å². The fourth-order valence-electron chi connectivity index (χ4n) is 4.60. The van der Waals surface area contributed by atoms with Gasteiger partial charge in [-0.15, -0.1) is 11.8 Å². The number of para-hydroxylation sites is 1. The van der Waals surface area contributed by atoms with E-state index in [0.29, 0.717) is 34.1 Å². The highest BCUT2D eigenvalue weighted by Gasteiger charge is 2.20. The molecule has 46 heavy (non-hydrogen) atoms. The molecule has 0 bridgehead atoms. The summed E-state index contributed by atoms with van der Waals surface area (Å²) in [6.07, 6.45) is 1.51. The molecule has 0 aliphatic heterocycles. The van der Waals surface area contributed by atoms with Crippen molar-refractivity contribution in [1.29, 1.82) is 0 Å². The number of carbonyl (C=O) groups is 3. The predicted octanol–water partition coefficient (Wildman–Crippen LogP) is 6.86. The van der Waals surface area contributed by atoms with Gasteiger partial charge in [0.25, 0.3) is 11.8 Å². The number of amides is 3. The largest absolute Gasteiger partial charge is 0.496 e. The van der Waals surface area contributed by atoms with Crippen LogP contribution < -0.4 is 30.2 Å². The molecule has 0 saturated carbocycles. The van der Waals surface area contributed by atoms with E-state index >= 15 is 0 Å². The van der Waals surface area contributed by atoms with Gasteiger partial charge in [-0.1, -0.05) is 42.5 Å². The molecular formula is C36H37N3O6S. The summed E-state index contributed by atoms with van der Waals surface area (Å²) in [5, 5.41) is 8.23. The summed E-state index contributed by atoms with van der Waals surface area (Å²) in [5.74, 6) is 0.114. The van der Waals surface area contributed by atoms with Crippen molar-refractivity contribution in [3.05, 3.63) is 113 Å². The molecular weight excluding hydrogens is 602 g/mol. The first-order valence-electron chi connectivity index (χ1n) is 14.5. The number of carbonyl (C=O) groups excluding carboxylic acids is 3. The second kappa shape index (κ2) is 15.7. The van der Waals surface area contributed by atoms with E-state index in [4.69, 9.17) is 14.2 Å². The van der Waals surface area contributed by atoms with Gasteiger partial charge in [0, 0.05) is 33.5 Å². The SMILES string of the molecule is COc1cc(OC)c(OC)cc1/C=C(/NC(=O)c1ccccc1)C(=O)Nc1cccc(SC(C)C(=O)Nc2c(C)cccc2C)c1. The second-order valence-corrected chi connectivity index (χ2v) is 11.7. The maximum atomic E-state index is 13.7. The first-order valence-corrected chi connectivity index (χ1v) is 15.3. The normalized spacial score (nSPS) is 11.7. The molecule has 0 saturated heterocycles. The molecule has 9 nitrogen and oxygen atoms in total. The number of aryl methyl sites for hydroxylation is 2. The number of rotatable bonds is 12. The zero-order chi connectivity index (χ0) is 33.2. The first kappa shape index (κ1) is 33.7. The summed E-state index contributed by atoms with van der Waals surface area (Å²) in [4.78, 5) is 40.7. The van der Waals surface area contributed by atoms with Gasteiger partial charge in [0.1, 0.15) is 11.4 Å². The molecule has 0 radical (unpaired) electrons. The molecule has 1 unspecified atom stereocenters. The summed E-state index contributed by atoms with van der Waals surface area (Å²) < 4.78 is 16.4. The van der Waals surface area contributed by atoms with Gasteiger partial charge in [0.15, 0.2) is 11.5 Å². The smallest absolute Gasteiger partial charge is 0.272 e. The Morgan fingerprint density at radius 2 is 1.37 bits per heavy atom. The van der Waals surface area contributed by atoms with Crippen LogP contribution in [0.1, 0.15) is 34.0 Å². The minimum atomic E-state index is -0.566. The summed E-state index contributed by atoms with van der Waals surface area (Å²) in [5.41, 5.74) is 4.10. The van der Waals surface area contributed by atoms with Gasteiger partial charge in [-0.25, -0.2) is 0 Å². The molecule has 0 aliphatic carbocycles. The van der Waals surface area contributed by atoms with Crippen molar-refractivity contribution in [3.8, 4) is 17.2 Å². The number of hydrogen-bond donors (Lipinski definition) is 3. The molecule has 238 valence electrons. The van der Waals surface area contributed by atoms with Crippen LogP contribution in [0, 0.1) is 13.8 Å². The number of hydrogen-bond acceptors (Lipinski definition) is 7. The van der Waals surface area contributed by atoms with Gasteiger partial charge < -0.3 is 30.2 Å². The molecule has 3 N–H and O–H groups in total. The van der Waals surface area contributed by atoms with Crippen LogP contribution in [0.4, 0.5) is 11.4 Å². The fraction of sp³-hybridized carbons (Fsp3) is 0.194. The third-order valence-electron chi connectivity index (χ3n) is 7.07. The zero-order valence-corrected chi connectivity index (χ0v) is 27.4. The van der Waals surface area contributed by atoms with Crippen molar-refractivity contribution in [3.63, 3.8) is 0 Å². The average Bonchev–Trinajstić information content (AvgIpc) is 3.06. The number of ether oxygens (including phenoxy) is 3. The van der Waals surface area contributed by atoms with Crippen molar-refractivity contribution in [2.24, 2.45) is 0 Å². The minimum absolute atomic E-state index is 0.0289.